The molecule has 0 saturated heterocycles. The van der Waals surface area contributed by atoms with E-state index in [1.165, 1.54) is 11.1 Å². The number of methoxy groups -OCH3 is 1. The molecule has 2 aliphatic heterocycles. The fourth-order valence-electron chi connectivity index (χ4n) is 7.37. The van der Waals surface area contributed by atoms with Crippen LogP contribution in [0.5, 0.6) is 17.2 Å². The fraction of sp³-hybridized carbons (Fsp3) is 0.486. The second-order valence-electron chi connectivity index (χ2n) is 13.7. The van der Waals surface area contributed by atoms with Crippen LogP contribution in [0.1, 0.15) is 48.8 Å². The van der Waals surface area contributed by atoms with Gasteiger partial charge in [-0.3, -0.25) is 0 Å². The van der Waals surface area contributed by atoms with Gasteiger partial charge in [-0.2, -0.15) is 0 Å². The Labute approximate surface area is 291 Å². The smallest absolute Gasteiger partial charge is 0.413 e. The lowest BCUT2D eigenvalue weighted by atomic mass is 9.69. The number of ether oxygens (including phenoxy) is 4. The Bertz CT molecular complexity index is 1750. The predicted molar refractivity (Wildman–Crippen MR) is 187 cm³/mol. The number of hydrogen-bond donors (Lipinski definition) is 4. The van der Waals surface area contributed by atoms with E-state index in [0.29, 0.717) is 37.3 Å². The molecule has 3 aromatic rings. The minimum atomic E-state index is -1.16. The third kappa shape index (κ3) is 7.38. The van der Waals surface area contributed by atoms with Gasteiger partial charge < -0.3 is 49.5 Å². The summed E-state index contributed by atoms with van der Waals surface area (Å²) in [5.41, 5.74) is 3.94. The van der Waals surface area contributed by atoms with E-state index in [9.17, 15) is 19.5 Å². The van der Waals surface area contributed by atoms with Gasteiger partial charge in [-0.1, -0.05) is 18.2 Å². The quantitative estimate of drug-likeness (QED) is 0.148. The third-order valence-electron chi connectivity index (χ3n) is 9.95. The van der Waals surface area contributed by atoms with Crippen LogP contribution in [0, 0.1) is 0 Å². The molecular weight excluding hydrogens is 642 g/mol. The molecule has 1 spiro atoms. The normalized spacial score (nSPS) is 21.5. The summed E-state index contributed by atoms with van der Waals surface area (Å²) < 4.78 is 23.5. The van der Waals surface area contributed by atoms with Gasteiger partial charge in [-0.25, -0.2) is 14.4 Å². The maximum Gasteiger partial charge on any atom is 0.413 e. The van der Waals surface area contributed by atoms with Crippen LogP contribution < -0.4 is 24.8 Å². The van der Waals surface area contributed by atoms with Crippen LogP contribution in [0.2, 0.25) is 0 Å². The van der Waals surface area contributed by atoms with Crippen LogP contribution in [-0.2, 0) is 27.9 Å². The lowest BCUT2D eigenvalue weighted by Crippen LogP contribution is -2.44. The highest BCUT2D eigenvalue weighted by Gasteiger charge is 2.53. The Morgan fingerprint density at radius 1 is 1.16 bits per heavy atom. The van der Waals surface area contributed by atoms with Crippen molar-refractivity contribution in [1.82, 2.24) is 25.4 Å². The highest BCUT2D eigenvalue weighted by Crippen LogP contribution is 2.55. The van der Waals surface area contributed by atoms with E-state index in [1.807, 2.05) is 38.5 Å². The van der Waals surface area contributed by atoms with Crippen molar-refractivity contribution in [1.29, 1.82) is 0 Å². The summed E-state index contributed by atoms with van der Waals surface area (Å²) in [6.45, 7) is 2.85. The Balaban J connectivity index is 0.965. The van der Waals surface area contributed by atoms with E-state index in [-0.39, 0.29) is 17.9 Å². The van der Waals surface area contributed by atoms with Gasteiger partial charge in [0.15, 0.2) is 11.5 Å². The average Bonchev–Trinajstić information content (AvgIpc) is 3.61. The lowest BCUT2D eigenvalue weighted by Gasteiger charge is -2.36. The van der Waals surface area contributed by atoms with Crippen molar-refractivity contribution >= 4 is 29.1 Å². The molecule has 2 amide bonds. The topological polar surface area (TPSA) is 155 Å². The van der Waals surface area contributed by atoms with Gasteiger partial charge in [-0.05, 0) is 95.2 Å². The molecule has 13 nitrogen and oxygen atoms in total. The van der Waals surface area contributed by atoms with Gasteiger partial charge in [0.2, 0.25) is 0 Å². The number of unbranched alkanes of at least 4 members (excludes halogenated alkanes) is 1. The van der Waals surface area contributed by atoms with E-state index in [1.54, 1.807) is 19.2 Å². The molecular formula is C37H47N5O8. The standard InChI is InChI=1S/C37H47N5O8/c1-41(2)18-14-23-21-39-26-9-7-10-28(31(23)26)49-36(46)40-27(34(43)44)8-5-6-17-38-35(45)48-25-13-15-37-16-19-42(3)22-24-11-12-29(47-4)33(32(24)37)50-30(37)20-25/h7,9-13,15,21,25,27,30,39H,5-6,8,14,16-20,22H2,1-4H3,(H,38,45)(H,40,46)(H,43,44)/t25-,27+,30-,37-/m0/s1. The maximum absolute atomic E-state index is 12.8. The first-order chi connectivity index (χ1) is 24.1. The molecule has 0 saturated carbocycles. The average molecular weight is 690 g/mol. The fourth-order valence-corrected chi connectivity index (χ4v) is 7.37. The lowest BCUT2D eigenvalue weighted by molar-refractivity contribution is -0.139. The van der Waals surface area contributed by atoms with E-state index in [2.05, 4.69) is 44.6 Å². The number of hydrogen-bond acceptors (Lipinski definition) is 9. The second-order valence-corrected chi connectivity index (χ2v) is 13.7. The van der Waals surface area contributed by atoms with Gasteiger partial charge in [-0.15, -0.1) is 0 Å². The highest BCUT2D eigenvalue weighted by molar-refractivity contribution is 5.91. The molecule has 3 heterocycles. The van der Waals surface area contributed by atoms with Crippen molar-refractivity contribution in [2.24, 2.45) is 0 Å². The molecule has 3 aliphatic rings. The molecule has 13 heteroatoms. The van der Waals surface area contributed by atoms with Crippen molar-refractivity contribution in [2.75, 3.05) is 47.9 Å². The Hall–Kier alpha value is -4.75. The van der Waals surface area contributed by atoms with Gasteiger partial charge in [0.25, 0.3) is 0 Å². The van der Waals surface area contributed by atoms with E-state index < -0.39 is 30.3 Å². The molecule has 4 atom stereocenters. The Morgan fingerprint density at radius 3 is 2.78 bits per heavy atom. The zero-order valence-electron chi connectivity index (χ0n) is 29.1. The number of carboxylic acids is 1. The number of carbonyl (C=O) groups is 3. The highest BCUT2D eigenvalue weighted by atomic mass is 16.6. The molecule has 6 rings (SSSR count). The van der Waals surface area contributed by atoms with E-state index in [4.69, 9.17) is 18.9 Å². The monoisotopic (exact) mass is 689 g/mol. The number of aromatic amines is 1. The minimum absolute atomic E-state index is 0.164. The number of H-pyrrole nitrogens is 1. The van der Waals surface area contributed by atoms with Gasteiger partial charge in [0, 0.05) is 48.7 Å². The van der Waals surface area contributed by atoms with Crippen molar-refractivity contribution in [3.63, 3.8) is 0 Å². The summed E-state index contributed by atoms with van der Waals surface area (Å²) in [5, 5.41) is 15.8. The van der Waals surface area contributed by atoms with Crippen LogP contribution in [-0.4, -0.2) is 104 Å². The number of aromatic nitrogens is 1. The molecule has 1 aliphatic carbocycles. The van der Waals surface area contributed by atoms with Gasteiger partial charge >= 0.3 is 18.2 Å². The number of aliphatic carboxylic acids is 1. The molecule has 2 aromatic carbocycles. The first-order valence-corrected chi connectivity index (χ1v) is 17.2. The number of nitrogens with one attached hydrogen (secondary N) is 3. The van der Waals surface area contributed by atoms with Crippen molar-refractivity contribution < 1.29 is 38.4 Å². The minimum Gasteiger partial charge on any atom is -0.493 e. The van der Waals surface area contributed by atoms with Gasteiger partial charge in [0.05, 0.1) is 12.5 Å². The first kappa shape index (κ1) is 35.1. The summed E-state index contributed by atoms with van der Waals surface area (Å²) >= 11 is 0. The maximum atomic E-state index is 12.8. The van der Waals surface area contributed by atoms with Crippen molar-refractivity contribution in [3.05, 3.63) is 65.4 Å². The number of rotatable bonds is 13. The van der Waals surface area contributed by atoms with Crippen LogP contribution in [0.3, 0.4) is 0 Å². The Kier molecular flexibility index (Phi) is 10.5. The molecule has 0 bridgehead atoms. The predicted octanol–water partition coefficient (Wildman–Crippen LogP) is 4.58. The summed E-state index contributed by atoms with van der Waals surface area (Å²) in [7, 11) is 7.74. The number of likely N-dealkylation sites (N-methyl/N-ethyl adjacent to an activating group) is 1. The number of benzene rings is 2. The largest absolute Gasteiger partial charge is 0.493 e. The molecule has 50 heavy (non-hydrogen) atoms. The van der Waals surface area contributed by atoms with Gasteiger partial charge in [0.1, 0.15) is 24.0 Å². The summed E-state index contributed by atoms with van der Waals surface area (Å²) in [4.78, 5) is 45.0. The summed E-state index contributed by atoms with van der Waals surface area (Å²) in [6, 6.07) is 8.29. The van der Waals surface area contributed by atoms with Crippen molar-refractivity contribution in [2.45, 2.75) is 68.7 Å². The zero-order valence-corrected chi connectivity index (χ0v) is 29.1. The summed E-state index contributed by atoms with van der Waals surface area (Å²) in [5.74, 6) is 0.691. The number of carbonyl (C=O) groups excluding carboxylic acids is 2. The molecule has 268 valence electrons. The molecule has 1 aromatic heterocycles. The molecule has 0 unspecified atom stereocenters. The number of carboxylic acid groups (broad SMARTS) is 1. The molecule has 0 radical (unpaired) electrons. The van der Waals surface area contributed by atoms with Crippen molar-refractivity contribution in [3.8, 4) is 17.2 Å². The number of fused-ring (bicyclic) bond motifs is 1. The van der Waals surface area contributed by atoms with Crippen LogP contribution in [0.4, 0.5) is 9.59 Å². The molecule has 0 fully saturated rings. The van der Waals surface area contributed by atoms with E-state index >= 15 is 0 Å². The number of amides is 2. The number of nitrogens with zero attached hydrogens (tertiary/aromatic N) is 2. The molecule has 4 N–H and O–H groups in total. The van der Waals surface area contributed by atoms with Crippen LogP contribution in [0.15, 0.2) is 48.7 Å². The van der Waals surface area contributed by atoms with Crippen LogP contribution in [0.25, 0.3) is 10.9 Å². The Morgan fingerprint density at radius 2 is 2.00 bits per heavy atom. The van der Waals surface area contributed by atoms with E-state index in [0.717, 1.165) is 54.7 Å². The summed E-state index contributed by atoms with van der Waals surface area (Å²) in [6.07, 6.45) is 7.25. The SMILES string of the molecule is COc1ccc2c3c1O[C@H]1C[C@@H](OC(=O)NCCCC[C@@H](NC(=O)Oc4cccc5[nH]cc(CCN(C)C)c45)C(=O)O)C=C[C@@]31CCN(C)C2. The zero-order chi connectivity index (χ0) is 35.4. The number of alkyl carbamates (subject to hydrolysis) is 1. The van der Waals surface area contributed by atoms with Crippen LogP contribution >= 0.6 is 0 Å². The third-order valence-corrected chi connectivity index (χ3v) is 9.95. The first-order valence-electron chi connectivity index (χ1n) is 17.2. The second kappa shape index (κ2) is 15.0.